The highest BCUT2D eigenvalue weighted by molar-refractivity contribution is 5.79. The molecule has 0 aromatic heterocycles. The summed E-state index contributed by atoms with van der Waals surface area (Å²) < 4.78 is 18.2. The smallest absolute Gasteiger partial charge is 0.309 e. The van der Waals surface area contributed by atoms with E-state index in [1.807, 2.05) is 24.0 Å². The number of piperidine rings is 1. The predicted molar refractivity (Wildman–Crippen MR) is 95.9 cm³/mol. The van der Waals surface area contributed by atoms with E-state index in [1.165, 1.54) is 12.1 Å². The predicted octanol–water partition coefficient (Wildman–Crippen LogP) is 2.76. The molecule has 2 aliphatic heterocycles. The Morgan fingerprint density at radius 3 is 2.46 bits per heavy atom. The zero-order valence-electron chi connectivity index (χ0n) is 15.3. The lowest BCUT2D eigenvalue weighted by atomic mass is 9.97. The number of nitrogens with zero attached hydrogens (tertiary/aromatic N) is 2. The summed E-state index contributed by atoms with van der Waals surface area (Å²) in [7, 11) is 0. The SMILES string of the molecule is CCOC(=O)C1CCN(C(=O)CN2CCC[C@H]2c2ccc(F)cc2)CC1. The van der Waals surface area contributed by atoms with Gasteiger partial charge in [-0.05, 0) is 56.8 Å². The van der Waals surface area contributed by atoms with Gasteiger partial charge in [0.25, 0.3) is 0 Å². The number of benzene rings is 1. The van der Waals surface area contributed by atoms with Crippen LogP contribution in [0, 0.1) is 11.7 Å². The lowest BCUT2D eigenvalue weighted by Gasteiger charge is -2.33. The third-order valence-corrected chi connectivity index (χ3v) is 5.42. The average Bonchev–Trinajstić information content (AvgIpc) is 3.11. The minimum Gasteiger partial charge on any atom is -0.466 e. The Balaban J connectivity index is 1.53. The van der Waals surface area contributed by atoms with Crippen molar-refractivity contribution in [2.75, 3.05) is 32.8 Å². The first-order chi connectivity index (χ1) is 12.6. The van der Waals surface area contributed by atoms with E-state index in [-0.39, 0.29) is 29.7 Å². The summed E-state index contributed by atoms with van der Waals surface area (Å²) in [4.78, 5) is 28.6. The molecule has 5 nitrogen and oxygen atoms in total. The zero-order valence-corrected chi connectivity index (χ0v) is 15.3. The van der Waals surface area contributed by atoms with E-state index in [2.05, 4.69) is 4.90 Å². The van der Waals surface area contributed by atoms with Crippen LogP contribution in [0.4, 0.5) is 4.39 Å². The molecule has 0 bridgehead atoms. The molecule has 142 valence electrons. The van der Waals surface area contributed by atoms with E-state index in [0.29, 0.717) is 39.1 Å². The standard InChI is InChI=1S/C20H27FN2O3/c1-2-26-20(25)16-9-12-22(13-10-16)19(24)14-23-11-3-4-18(23)15-5-7-17(21)8-6-15/h5-8,16,18H,2-4,9-14H2,1H3/t18-/m0/s1. The molecule has 2 saturated heterocycles. The third-order valence-electron chi connectivity index (χ3n) is 5.42. The number of ether oxygens (including phenoxy) is 1. The summed E-state index contributed by atoms with van der Waals surface area (Å²) in [5.74, 6) is -0.353. The molecule has 2 fully saturated rings. The highest BCUT2D eigenvalue weighted by Crippen LogP contribution is 2.32. The fourth-order valence-corrected chi connectivity index (χ4v) is 3.98. The number of halogens is 1. The van der Waals surface area contributed by atoms with Gasteiger partial charge in [0.05, 0.1) is 19.1 Å². The van der Waals surface area contributed by atoms with Crippen LogP contribution in [0.1, 0.15) is 44.2 Å². The average molecular weight is 362 g/mol. The number of likely N-dealkylation sites (tertiary alicyclic amines) is 2. The van der Waals surface area contributed by atoms with Gasteiger partial charge in [0.1, 0.15) is 5.82 Å². The molecular formula is C20H27FN2O3. The fraction of sp³-hybridized carbons (Fsp3) is 0.600. The summed E-state index contributed by atoms with van der Waals surface area (Å²) in [6.07, 6.45) is 3.38. The van der Waals surface area contributed by atoms with Crippen molar-refractivity contribution < 1.29 is 18.7 Å². The molecule has 0 N–H and O–H groups in total. The maximum absolute atomic E-state index is 13.2. The second-order valence-electron chi connectivity index (χ2n) is 7.09. The van der Waals surface area contributed by atoms with Gasteiger partial charge < -0.3 is 9.64 Å². The van der Waals surface area contributed by atoms with Gasteiger partial charge in [-0.15, -0.1) is 0 Å². The van der Waals surface area contributed by atoms with Crippen molar-refractivity contribution in [2.24, 2.45) is 5.92 Å². The van der Waals surface area contributed by atoms with Crippen LogP contribution in [-0.4, -0.2) is 54.5 Å². The molecule has 1 aromatic rings. The highest BCUT2D eigenvalue weighted by Gasteiger charge is 2.32. The van der Waals surface area contributed by atoms with Crippen LogP contribution in [0.2, 0.25) is 0 Å². The molecule has 0 saturated carbocycles. The Morgan fingerprint density at radius 2 is 1.81 bits per heavy atom. The normalized spacial score (nSPS) is 21.8. The van der Waals surface area contributed by atoms with Crippen molar-refractivity contribution in [1.82, 2.24) is 9.80 Å². The van der Waals surface area contributed by atoms with Crippen molar-refractivity contribution >= 4 is 11.9 Å². The van der Waals surface area contributed by atoms with Gasteiger partial charge >= 0.3 is 5.97 Å². The van der Waals surface area contributed by atoms with Gasteiger partial charge in [-0.1, -0.05) is 12.1 Å². The lowest BCUT2D eigenvalue weighted by Crippen LogP contribution is -2.45. The molecule has 0 radical (unpaired) electrons. The summed E-state index contributed by atoms with van der Waals surface area (Å²) >= 11 is 0. The third kappa shape index (κ3) is 4.41. The Bertz CT molecular complexity index is 626. The van der Waals surface area contributed by atoms with E-state index in [1.54, 1.807) is 0 Å². The van der Waals surface area contributed by atoms with Gasteiger partial charge in [0, 0.05) is 19.1 Å². The first kappa shape index (κ1) is 18.8. The zero-order chi connectivity index (χ0) is 18.5. The van der Waals surface area contributed by atoms with Crippen LogP contribution >= 0.6 is 0 Å². The molecule has 0 aliphatic carbocycles. The Morgan fingerprint density at radius 1 is 1.12 bits per heavy atom. The maximum atomic E-state index is 13.2. The second-order valence-corrected chi connectivity index (χ2v) is 7.09. The van der Waals surface area contributed by atoms with Crippen molar-refractivity contribution in [3.05, 3.63) is 35.6 Å². The van der Waals surface area contributed by atoms with Crippen molar-refractivity contribution in [3.8, 4) is 0 Å². The van der Waals surface area contributed by atoms with Crippen LogP contribution in [0.25, 0.3) is 0 Å². The van der Waals surface area contributed by atoms with Crippen molar-refractivity contribution in [1.29, 1.82) is 0 Å². The van der Waals surface area contributed by atoms with E-state index in [4.69, 9.17) is 4.74 Å². The molecule has 0 spiro atoms. The summed E-state index contributed by atoms with van der Waals surface area (Å²) in [5, 5.41) is 0. The Hall–Kier alpha value is -1.95. The molecule has 2 heterocycles. The minimum atomic E-state index is -0.237. The lowest BCUT2D eigenvalue weighted by molar-refractivity contribution is -0.151. The molecule has 3 rings (SSSR count). The van der Waals surface area contributed by atoms with Gasteiger partial charge in [-0.2, -0.15) is 0 Å². The topological polar surface area (TPSA) is 49.9 Å². The molecule has 0 unspecified atom stereocenters. The molecule has 1 atom stereocenters. The van der Waals surface area contributed by atoms with Crippen LogP contribution in [0.5, 0.6) is 0 Å². The summed E-state index contributed by atoms with van der Waals surface area (Å²) in [6, 6.07) is 6.76. The number of carbonyl (C=O) groups excluding carboxylic acids is 2. The molecule has 6 heteroatoms. The van der Waals surface area contributed by atoms with E-state index < -0.39 is 0 Å². The number of amides is 1. The fourth-order valence-electron chi connectivity index (χ4n) is 3.98. The van der Waals surface area contributed by atoms with Gasteiger partial charge in [-0.3, -0.25) is 14.5 Å². The highest BCUT2D eigenvalue weighted by atomic mass is 19.1. The number of carbonyl (C=O) groups is 2. The van der Waals surface area contributed by atoms with Gasteiger partial charge in [0.2, 0.25) is 5.91 Å². The summed E-state index contributed by atoms with van der Waals surface area (Å²) in [6.45, 7) is 4.69. The number of hydrogen-bond donors (Lipinski definition) is 0. The number of esters is 1. The molecule has 26 heavy (non-hydrogen) atoms. The molecule has 1 amide bonds. The quantitative estimate of drug-likeness (QED) is 0.756. The second kappa shape index (κ2) is 8.62. The van der Waals surface area contributed by atoms with Gasteiger partial charge in [0.15, 0.2) is 0 Å². The summed E-state index contributed by atoms with van der Waals surface area (Å²) in [5.41, 5.74) is 1.07. The number of hydrogen-bond acceptors (Lipinski definition) is 4. The van der Waals surface area contributed by atoms with E-state index in [9.17, 15) is 14.0 Å². The van der Waals surface area contributed by atoms with Crippen LogP contribution in [0.3, 0.4) is 0 Å². The largest absolute Gasteiger partial charge is 0.466 e. The van der Waals surface area contributed by atoms with E-state index in [0.717, 1.165) is 24.9 Å². The van der Waals surface area contributed by atoms with Crippen LogP contribution in [-0.2, 0) is 14.3 Å². The monoisotopic (exact) mass is 362 g/mol. The molecule has 2 aliphatic rings. The Labute approximate surface area is 154 Å². The number of rotatable bonds is 5. The van der Waals surface area contributed by atoms with Gasteiger partial charge in [-0.25, -0.2) is 4.39 Å². The van der Waals surface area contributed by atoms with Crippen LogP contribution in [0.15, 0.2) is 24.3 Å². The minimum absolute atomic E-state index is 0.0854. The first-order valence-corrected chi connectivity index (χ1v) is 9.52. The first-order valence-electron chi connectivity index (χ1n) is 9.52. The Kier molecular flexibility index (Phi) is 6.25. The molecular weight excluding hydrogens is 335 g/mol. The van der Waals surface area contributed by atoms with Crippen molar-refractivity contribution in [2.45, 2.75) is 38.6 Å². The van der Waals surface area contributed by atoms with Crippen LogP contribution < -0.4 is 0 Å². The van der Waals surface area contributed by atoms with Crippen molar-refractivity contribution in [3.63, 3.8) is 0 Å². The maximum Gasteiger partial charge on any atom is 0.309 e. The van der Waals surface area contributed by atoms with E-state index >= 15 is 0 Å². The molecule has 1 aromatic carbocycles.